The van der Waals surface area contributed by atoms with E-state index in [1.165, 1.54) is 0 Å². The minimum atomic E-state index is -0.483. The van der Waals surface area contributed by atoms with Crippen LogP contribution in [0, 0.1) is 0 Å². The van der Waals surface area contributed by atoms with Crippen LogP contribution in [-0.4, -0.2) is 38.6 Å². The highest BCUT2D eigenvalue weighted by atomic mass is 16.5. The standard InChI is InChI=1S/C20H26N2O4/c1-25-16-11-15(12-17(13-16)26-2)22-10-9-18(20(22)24)21-19(23)14-7-5-3-4-6-8-14/h7,11-13,18H,3-6,8-10H2,1-2H3,(H,21,23)/t18-/m1/s1. The zero-order valence-electron chi connectivity index (χ0n) is 15.4. The highest BCUT2D eigenvalue weighted by Gasteiger charge is 2.34. The summed E-state index contributed by atoms with van der Waals surface area (Å²) in [6.07, 6.45) is 7.67. The highest BCUT2D eigenvalue weighted by Crippen LogP contribution is 2.31. The number of hydrogen-bond acceptors (Lipinski definition) is 4. The first-order chi connectivity index (χ1) is 12.6. The van der Waals surface area contributed by atoms with E-state index in [-0.39, 0.29) is 11.8 Å². The number of nitrogens with zero attached hydrogens (tertiary/aromatic N) is 1. The van der Waals surface area contributed by atoms with Crippen molar-refractivity contribution in [2.75, 3.05) is 25.7 Å². The van der Waals surface area contributed by atoms with Gasteiger partial charge in [-0.05, 0) is 32.1 Å². The largest absolute Gasteiger partial charge is 0.497 e. The van der Waals surface area contributed by atoms with Gasteiger partial charge in [-0.25, -0.2) is 0 Å². The average molecular weight is 358 g/mol. The zero-order chi connectivity index (χ0) is 18.5. The maximum Gasteiger partial charge on any atom is 0.249 e. The molecule has 2 amide bonds. The Labute approximate surface area is 154 Å². The maximum atomic E-state index is 12.8. The van der Waals surface area contributed by atoms with Crippen molar-refractivity contribution in [3.63, 3.8) is 0 Å². The lowest BCUT2D eigenvalue weighted by molar-refractivity contribution is -0.124. The van der Waals surface area contributed by atoms with Gasteiger partial charge in [0, 0.05) is 30.3 Å². The van der Waals surface area contributed by atoms with Crippen LogP contribution in [-0.2, 0) is 9.59 Å². The van der Waals surface area contributed by atoms with Crippen molar-refractivity contribution in [1.82, 2.24) is 5.32 Å². The molecule has 1 fully saturated rings. The van der Waals surface area contributed by atoms with Crippen LogP contribution in [0.15, 0.2) is 29.8 Å². The average Bonchev–Trinajstić information content (AvgIpc) is 2.87. The van der Waals surface area contributed by atoms with Crippen molar-refractivity contribution in [3.05, 3.63) is 29.8 Å². The van der Waals surface area contributed by atoms with Crippen molar-refractivity contribution >= 4 is 17.5 Å². The first kappa shape index (κ1) is 18.3. The molecule has 0 saturated carbocycles. The molecule has 1 saturated heterocycles. The Morgan fingerprint density at radius 3 is 2.54 bits per heavy atom. The molecular weight excluding hydrogens is 332 g/mol. The monoisotopic (exact) mass is 358 g/mol. The Hall–Kier alpha value is -2.50. The summed E-state index contributed by atoms with van der Waals surface area (Å²) in [5, 5.41) is 2.92. The Bertz CT molecular complexity index is 692. The molecule has 0 radical (unpaired) electrons. The molecule has 1 aliphatic heterocycles. The first-order valence-electron chi connectivity index (χ1n) is 9.16. The van der Waals surface area contributed by atoms with Gasteiger partial charge in [-0.15, -0.1) is 0 Å². The molecule has 2 aliphatic rings. The molecule has 3 rings (SSSR count). The summed E-state index contributed by atoms with van der Waals surface area (Å²) < 4.78 is 10.6. The number of rotatable bonds is 5. The Kier molecular flexibility index (Phi) is 5.81. The number of allylic oxidation sites excluding steroid dienone is 1. The molecule has 1 aliphatic carbocycles. The number of carbonyl (C=O) groups excluding carboxylic acids is 2. The number of hydrogen-bond donors (Lipinski definition) is 1. The minimum absolute atomic E-state index is 0.0946. The lowest BCUT2D eigenvalue weighted by Gasteiger charge is -2.19. The smallest absolute Gasteiger partial charge is 0.249 e. The van der Waals surface area contributed by atoms with Gasteiger partial charge >= 0.3 is 0 Å². The van der Waals surface area contributed by atoms with Crippen LogP contribution >= 0.6 is 0 Å². The van der Waals surface area contributed by atoms with E-state index in [1.807, 2.05) is 6.08 Å². The second-order valence-corrected chi connectivity index (χ2v) is 6.70. The van der Waals surface area contributed by atoms with Gasteiger partial charge in [0.05, 0.1) is 19.9 Å². The lowest BCUT2D eigenvalue weighted by atomic mass is 10.1. The summed E-state index contributed by atoms with van der Waals surface area (Å²) in [5.74, 6) is 1.06. The van der Waals surface area contributed by atoms with Crippen molar-refractivity contribution in [1.29, 1.82) is 0 Å². The van der Waals surface area contributed by atoms with E-state index in [2.05, 4.69) is 5.32 Å². The summed E-state index contributed by atoms with van der Waals surface area (Å²) in [7, 11) is 3.15. The van der Waals surface area contributed by atoms with Crippen molar-refractivity contribution in [2.24, 2.45) is 0 Å². The third-order valence-electron chi connectivity index (χ3n) is 4.99. The molecule has 1 aromatic rings. The van der Waals surface area contributed by atoms with Crippen LogP contribution < -0.4 is 19.7 Å². The predicted molar refractivity (Wildman–Crippen MR) is 99.6 cm³/mol. The topological polar surface area (TPSA) is 67.9 Å². The van der Waals surface area contributed by atoms with Crippen LogP contribution in [0.3, 0.4) is 0 Å². The zero-order valence-corrected chi connectivity index (χ0v) is 15.4. The van der Waals surface area contributed by atoms with Crippen molar-refractivity contribution < 1.29 is 19.1 Å². The Balaban J connectivity index is 1.70. The van der Waals surface area contributed by atoms with Crippen LogP contribution in [0.5, 0.6) is 11.5 Å². The van der Waals surface area contributed by atoms with Crippen LogP contribution in [0.1, 0.15) is 38.5 Å². The van der Waals surface area contributed by atoms with Crippen LogP contribution in [0.25, 0.3) is 0 Å². The molecule has 26 heavy (non-hydrogen) atoms. The van der Waals surface area contributed by atoms with Gasteiger partial charge in [-0.3, -0.25) is 9.59 Å². The summed E-state index contributed by atoms with van der Waals surface area (Å²) >= 11 is 0. The molecule has 6 nitrogen and oxygen atoms in total. The Morgan fingerprint density at radius 2 is 1.85 bits per heavy atom. The van der Waals surface area contributed by atoms with E-state index in [9.17, 15) is 9.59 Å². The number of amides is 2. The fraction of sp³-hybridized carbons (Fsp3) is 0.500. The van der Waals surface area contributed by atoms with Gasteiger partial charge in [-0.2, -0.15) is 0 Å². The van der Waals surface area contributed by atoms with E-state index in [4.69, 9.17) is 9.47 Å². The van der Waals surface area contributed by atoms with E-state index in [1.54, 1.807) is 37.3 Å². The lowest BCUT2D eigenvalue weighted by Crippen LogP contribution is -2.42. The molecule has 140 valence electrons. The van der Waals surface area contributed by atoms with Crippen LogP contribution in [0.4, 0.5) is 5.69 Å². The van der Waals surface area contributed by atoms with E-state index < -0.39 is 6.04 Å². The van der Waals surface area contributed by atoms with E-state index in [0.717, 1.165) is 43.4 Å². The van der Waals surface area contributed by atoms with E-state index in [0.29, 0.717) is 24.5 Å². The normalized spacial score (nSPS) is 20.4. The second-order valence-electron chi connectivity index (χ2n) is 6.70. The highest BCUT2D eigenvalue weighted by molar-refractivity contribution is 6.03. The Morgan fingerprint density at radius 1 is 1.12 bits per heavy atom. The molecule has 6 heteroatoms. The fourth-order valence-corrected chi connectivity index (χ4v) is 3.49. The van der Waals surface area contributed by atoms with Gasteiger partial charge in [-0.1, -0.05) is 12.5 Å². The molecule has 1 N–H and O–H groups in total. The van der Waals surface area contributed by atoms with Crippen molar-refractivity contribution in [3.8, 4) is 11.5 Å². The predicted octanol–water partition coefficient (Wildman–Crippen LogP) is 2.82. The molecule has 1 atom stereocenters. The van der Waals surface area contributed by atoms with Crippen molar-refractivity contribution in [2.45, 2.75) is 44.6 Å². The molecule has 1 aromatic carbocycles. The van der Waals surface area contributed by atoms with Gasteiger partial charge in [0.2, 0.25) is 11.8 Å². The summed E-state index contributed by atoms with van der Waals surface area (Å²) in [4.78, 5) is 27.0. The van der Waals surface area contributed by atoms with E-state index >= 15 is 0 Å². The van der Waals surface area contributed by atoms with Crippen LogP contribution in [0.2, 0.25) is 0 Å². The molecule has 0 unspecified atom stereocenters. The number of methoxy groups -OCH3 is 2. The summed E-state index contributed by atoms with van der Waals surface area (Å²) in [5.41, 5.74) is 1.54. The summed E-state index contributed by atoms with van der Waals surface area (Å²) in [6, 6.07) is 4.89. The van der Waals surface area contributed by atoms with Gasteiger partial charge in [0.25, 0.3) is 0 Å². The summed E-state index contributed by atoms with van der Waals surface area (Å²) in [6.45, 7) is 0.555. The van der Waals surface area contributed by atoms with Gasteiger partial charge in [0.1, 0.15) is 17.5 Å². The number of nitrogens with one attached hydrogen (secondary N) is 1. The number of benzene rings is 1. The molecule has 0 spiro atoms. The third-order valence-corrected chi connectivity index (χ3v) is 4.99. The quantitative estimate of drug-likeness (QED) is 0.879. The van der Waals surface area contributed by atoms with Gasteiger partial charge in [0.15, 0.2) is 0 Å². The number of carbonyl (C=O) groups is 2. The molecule has 0 bridgehead atoms. The number of anilines is 1. The number of ether oxygens (including phenoxy) is 2. The minimum Gasteiger partial charge on any atom is -0.497 e. The third kappa shape index (κ3) is 4.00. The molecule has 0 aromatic heterocycles. The SMILES string of the molecule is COc1cc(OC)cc(N2CC[C@@H](NC(=O)C3=CCCCCC3)C2=O)c1. The molecular formula is C20H26N2O4. The maximum absolute atomic E-state index is 12.8. The second kappa shape index (κ2) is 8.25. The molecule has 1 heterocycles. The van der Waals surface area contributed by atoms with Gasteiger partial charge < -0.3 is 19.7 Å². The fourth-order valence-electron chi connectivity index (χ4n) is 3.49. The first-order valence-corrected chi connectivity index (χ1v) is 9.16.